The molecule has 1 aromatic rings. The van der Waals surface area contributed by atoms with E-state index < -0.39 is 6.04 Å². The van der Waals surface area contributed by atoms with Crippen molar-refractivity contribution in [2.75, 3.05) is 47.0 Å². The summed E-state index contributed by atoms with van der Waals surface area (Å²) in [4.78, 5) is 42.8. The smallest absolute Gasteiger partial charge is 0.327 e. The third-order valence-corrected chi connectivity index (χ3v) is 5.09. The van der Waals surface area contributed by atoms with Crippen LogP contribution in [-0.2, 0) is 9.53 Å². The summed E-state index contributed by atoms with van der Waals surface area (Å²) in [6.07, 6.45) is 0.634. The molecule has 0 aromatic heterocycles. The van der Waals surface area contributed by atoms with E-state index in [-0.39, 0.29) is 30.9 Å². The zero-order chi connectivity index (χ0) is 19.6. The largest absolute Gasteiger partial charge is 0.497 e. The Bertz CT molecular complexity index is 751. The van der Waals surface area contributed by atoms with Crippen LogP contribution in [0, 0.1) is 6.92 Å². The molecule has 1 unspecified atom stereocenters. The number of nitrogens with zero attached hydrogens (tertiary/aromatic N) is 3. The van der Waals surface area contributed by atoms with Gasteiger partial charge in [-0.2, -0.15) is 0 Å². The predicted octanol–water partition coefficient (Wildman–Crippen LogP) is 1.13. The molecule has 0 spiro atoms. The molecule has 2 fully saturated rings. The highest BCUT2D eigenvalue weighted by atomic mass is 16.5. The van der Waals surface area contributed by atoms with Crippen molar-refractivity contribution in [3.8, 4) is 5.75 Å². The van der Waals surface area contributed by atoms with Gasteiger partial charge in [-0.25, -0.2) is 4.79 Å². The Morgan fingerprint density at radius 3 is 2.67 bits per heavy atom. The molecule has 8 nitrogen and oxygen atoms in total. The molecule has 3 rings (SSSR count). The maximum absolute atomic E-state index is 13.0. The van der Waals surface area contributed by atoms with Gasteiger partial charge in [-0.3, -0.25) is 14.5 Å². The minimum absolute atomic E-state index is 0.132. The highest BCUT2D eigenvalue weighted by Crippen LogP contribution is 2.24. The summed E-state index contributed by atoms with van der Waals surface area (Å²) in [6.45, 7) is 3.56. The number of aryl methyl sites for hydroxylation is 1. The first-order valence-electron chi connectivity index (χ1n) is 9.02. The lowest BCUT2D eigenvalue weighted by molar-refractivity contribution is -0.128. The van der Waals surface area contributed by atoms with Crippen LogP contribution < -0.4 is 4.74 Å². The third kappa shape index (κ3) is 3.62. The quantitative estimate of drug-likeness (QED) is 0.721. The van der Waals surface area contributed by atoms with Gasteiger partial charge in [0.25, 0.3) is 11.8 Å². The lowest BCUT2D eigenvalue weighted by Crippen LogP contribution is -2.43. The molecule has 0 radical (unpaired) electrons. The number of hydrogen-bond donors (Lipinski definition) is 0. The number of carbonyl (C=O) groups excluding carboxylic acids is 3. The summed E-state index contributed by atoms with van der Waals surface area (Å²) in [5.74, 6) is 0.298. The molecule has 146 valence electrons. The Morgan fingerprint density at radius 2 is 2.00 bits per heavy atom. The number of hydrogen-bond acceptors (Lipinski definition) is 5. The number of imide groups is 1. The van der Waals surface area contributed by atoms with Crippen molar-refractivity contribution in [3.05, 3.63) is 29.3 Å². The molecule has 8 heteroatoms. The molecule has 27 heavy (non-hydrogen) atoms. The van der Waals surface area contributed by atoms with Crippen molar-refractivity contribution < 1.29 is 23.9 Å². The summed E-state index contributed by atoms with van der Waals surface area (Å²) in [6, 6.07) is 4.39. The van der Waals surface area contributed by atoms with E-state index in [2.05, 4.69) is 0 Å². The van der Waals surface area contributed by atoms with E-state index >= 15 is 0 Å². The molecule has 0 bridgehead atoms. The van der Waals surface area contributed by atoms with Gasteiger partial charge in [0.2, 0.25) is 0 Å². The molecule has 2 heterocycles. The molecule has 1 atom stereocenters. The van der Waals surface area contributed by atoms with Crippen LogP contribution in [0.4, 0.5) is 4.79 Å². The number of methoxy groups -OCH3 is 2. The van der Waals surface area contributed by atoms with Gasteiger partial charge in [0.1, 0.15) is 11.8 Å². The number of amides is 4. The van der Waals surface area contributed by atoms with E-state index in [1.54, 1.807) is 29.0 Å². The summed E-state index contributed by atoms with van der Waals surface area (Å²) >= 11 is 0. The number of benzene rings is 1. The van der Waals surface area contributed by atoms with E-state index in [0.717, 1.165) is 5.56 Å². The van der Waals surface area contributed by atoms with Crippen molar-refractivity contribution >= 4 is 17.8 Å². The van der Waals surface area contributed by atoms with Crippen LogP contribution in [0.1, 0.15) is 22.3 Å². The number of rotatable bonds is 5. The molecule has 2 saturated heterocycles. The van der Waals surface area contributed by atoms with E-state index in [1.807, 2.05) is 13.0 Å². The van der Waals surface area contributed by atoms with Gasteiger partial charge in [-0.05, 0) is 37.1 Å². The molecule has 2 aliphatic rings. The van der Waals surface area contributed by atoms with Gasteiger partial charge < -0.3 is 19.3 Å². The van der Waals surface area contributed by atoms with E-state index in [9.17, 15) is 14.4 Å². The molecular weight excluding hydrogens is 350 g/mol. The molecule has 1 aromatic carbocycles. The number of fused-ring (bicyclic) bond motifs is 1. The van der Waals surface area contributed by atoms with Crippen molar-refractivity contribution in [1.29, 1.82) is 0 Å². The van der Waals surface area contributed by atoms with Crippen LogP contribution in [-0.4, -0.2) is 85.6 Å². The lowest BCUT2D eigenvalue weighted by atomic mass is 10.1. The SMILES string of the molecule is COCCN1C(=O)C2CN(C(=O)c3ccc(OC)cc3C)CCCN2C1=O. The van der Waals surface area contributed by atoms with Crippen molar-refractivity contribution in [3.63, 3.8) is 0 Å². The topological polar surface area (TPSA) is 79.4 Å². The Morgan fingerprint density at radius 1 is 1.22 bits per heavy atom. The Hall–Kier alpha value is -2.61. The minimum Gasteiger partial charge on any atom is -0.497 e. The second kappa shape index (κ2) is 7.96. The van der Waals surface area contributed by atoms with Gasteiger partial charge in [0.05, 0.1) is 26.8 Å². The summed E-state index contributed by atoms with van der Waals surface area (Å²) in [7, 11) is 3.11. The maximum Gasteiger partial charge on any atom is 0.327 e. The standard InChI is InChI=1S/C19H25N3O5/c1-13-11-14(27-3)5-6-15(13)17(23)20-7-4-8-21-16(12-20)18(24)22(19(21)25)9-10-26-2/h5-6,11,16H,4,7-10,12H2,1-3H3. The summed E-state index contributed by atoms with van der Waals surface area (Å²) in [5.41, 5.74) is 1.40. The fourth-order valence-corrected chi connectivity index (χ4v) is 3.60. The average Bonchev–Trinajstić information content (AvgIpc) is 2.83. The normalized spacial score (nSPS) is 20.0. The Labute approximate surface area is 158 Å². The maximum atomic E-state index is 13.0. The van der Waals surface area contributed by atoms with Crippen LogP contribution in [0.15, 0.2) is 18.2 Å². The summed E-state index contributed by atoms with van der Waals surface area (Å²) < 4.78 is 10.2. The van der Waals surface area contributed by atoms with Gasteiger partial charge >= 0.3 is 6.03 Å². The van der Waals surface area contributed by atoms with Crippen LogP contribution in [0.2, 0.25) is 0 Å². The van der Waals surface area contributed by atoms with E-state index in [0.29, 0.717) is 37.4 Å². The molecule has 0 aliphatic carbocycles. The highest BCUT2D eigenvalue weighted by Gasteiger charge is 2.46. The fourth-order valence-electron chi connectivity index (χ4n) is 3.60. The van der Waals surface area contributed by atoms with Crippen molar-refractivity contribution in [2.45, 2.75) is 19.4 Å². The number of carbonyl (C=O) groups is 3. The van der Waals surface area contributed by atoms with Gasteiger partial charge in [0.15, 0.2) is 0 Å². The average molecular weight is 375 g/mol. The third-order valence-electron chi connectivity index (χ3n) is 5.09. The Kier molecular flexibility index (Phi) is 5.65. The zero-order valence-corrected chi connectivity index (χ0v) is 15.9. The monoisotopic (exact) mass is 375 g/mol. The summed E-state index contributed by atoms with van der Waals surface area (Å²) in [5, 5.41) is 0. The molecule has 0 N–H and O–H groups in total. The Balaban J connectivity index is 1.78. The van der Waals surface area contributed by atoms with Crippen LogP contribution in [0.25, 0.3) is 0 Å². The first-order chi connectivity index (χ1) is 13.0. The van der Waals surface area contributed by atoms with E-state index in [1.165, 1.54) is 12.0 Å². The lowest BCUT2D eigenvalue weighted by Gasteiger charge is -2.24. The minimum atomic E-state index is -0.626. The second-order valence-electron chi connectivity index (χ2n) is 6.76. The molecule has 0 saturated carbocycles. The molecule has 4 amide bonds. The first kappa shape index (κ1) is 19.2. The van der Waals surface area contributed by atoms with Crippen molar-refractivity contribution in [1.82, 2.24) is 14.7 Å². The zero-order valence-electron chi connectivity index (χ0n) is 15.9. The first-order valence-corrected chi connectivity index (χ1v) is 9.02. The molecule has 2 aliphatic heterocycles. The van der Waals surface area contributed by atoms with E-state index in [4.69, 9.17) is 9.47 Å². The van der Waals surface area contributed by atoms with Crippen LogP contribution >= 0.6 is 0 Å². The van der Waals surface area contributed by atoms with Crippen LogP contribution in [0.5, 0.6) is 5.75 Å². The van der Waals surface area contributed by atoms with Gasteiger partial charge in [-0.1, -0.05) is 0 Å². The van der Waals surface area contributed by atoms with Crippen LogP contribution in [0.3, 0.4) is 0 Å². The van der Waals surface area contributed by atoms with Crippen molar-refractivity contribution in [2.24, 2.45) is 0 Å². The van der Waals surface area contributed by atoms with Gasteiger partial charge in [0, 0.05) is 25.8 Å². The molecular formula is C19H25N3O5. The fraction of sp³-hybridized carbons (Fsp3) is 0.526. The predicted molar refractivity (Wildman–Crippen MR) is 97.7 cm³/mol. The highest BCUT2D eigenvalue weighted by molar-refractivity contribution is 6.05. The second-order valence-corrected chi connectivity index (χ2v) is 6.76. The van der Waals surface area contributed by atoms with Gasteiger partial charge in [-0.15, -0.1) is 0 Å². The number of urea groups is 1. The number of ether oxygens (including phenoxy) is 2.